The Balaban J connectivity index is 1.58. The summed E-state index contributed by atoms with van der Waals surface area (Å²) < 4.78 is 1.69. The Bertz CT molecular complexity index is 620. The summed E-state index contributed by atoms with van der Waals surface area (Å²) >= 11 is 0. The first-order valence-electron chi connectivity index (χ1n) is 8.48. The minimum absolute atomic E-state index is 0.0248. The van der Waals surface area contributed by atoms with Crippen LogP contribution in [0.1, 0.15) is 25.7 Å². The van der Waals surface area contributed by atoms with E-state index in [-0.39, 0.29) is 12.5 Å². The van der Waals surface area contributed by atoms with Gasteiger partial charge in [-0.3, -0.25) is 14.5 Å². The highest BCUT2D eigenvalue weighted by atomic mass is 16.3. The van der Waals surface area contributed by atoms with E-state index in [4.69, 9.17) is 0 Å². The molecule has 24 heavy (non-hydrogen) atoms. The monoisotopic (exact) mass is 334 g/mol. The number of guanidine groups is 1. The van der Waals surface area contributed by atoms with Crippen molar-refractivity contribution in [3.05, 3.63) is 12.4 Å². The molecule has 0 unspecified atom stereocenters. The molecule has 1 aliphatic heterocycles. The number of hydrogen-bond acceptors (Lipinski definition) is 4. The number of carbonyl (C=O) groups is 1. The number of nitrogens with zero attached hydrogens (tertiary/aromatic N) is 5. The molecule has 2 fully saturated rings. The lowest BCUT2D eigenvalue weighted by atomic mass is 10.0. The van der Waals surface area contributed by atoms with Gasteiger partial charge in [0.1, 0.15) is 6.54 Å². The van der Waals surface area contributed by atoms with E-state index in [0.717, 1.165) is 31.4 Å². The van der Waals surface area contributed by atoms with E-state index < -0.39 is 5.60 Å². The second kappa shape index (κ2) is 6.80. The molecule has 3 rings (SSSR count). The molecule has 0 atom stereocenters. The van der Waals surface area contributed by atoms with Crippen LogP contribution in [0.4, 0.5) is 5.69 Å². The Morgan fingerprint density at radius 3 is 2.75 bits per heavy atom. The molecular formula is C16H26N6O2. The molecule has 2 N–H and O–H groups in total. The normalized spacial score (nSPS) is 21.5. The van der Waals surface area contributed by atoms with Gasteiger partial charge >= 0.3 is 0 Å². The van der Waals surface area contributed by atoms with Gasteiger partial charge in [-0.2, -0.15) is 5.10 Å². The zero-order chi connectivity index (χ0) is 17.2. The molecule has 132 valence electrons. The molecule has 1 saturated heterocycles. The van der Waals surface area contributed by atoms with Crippen LogP contribution in [0.2, 0.25) is 0 Å². The zero-order valence-electron chi connectivity index (χ0n) is 14.4. The van der Waals surface area contributed by atoms with Crippen LogP contribution in [0.15, 0.2) is 17.4 Å². The second-order valence-electron chi connectivity index (χ2n) is 6.67. The van der Waals surface area contributed by atoms with Crippen LogP contribution < -0.4 is 10.2 Å². The fraction of sp³-hybridized carbons (Fsp3) is 0.688. The van der Waals surface area contributed by atoms with Gasteiger partial charge in [-0.25, -0.2) is 0 Å². The Hall–Kier alpha value is -2.09. The van der Waals surface area contributed by atoms with Gasteiger partial charge in [-0.05, 0) is 12.8 Å². The van der Waals surface area contributed by atoms with Crippen LogP contribution in [0.3, 0.4) is 0 Å². The number of carbonyl (C=O) groups excluding carboxylic acids is 1. The third-order valence-electron chi connectivity index (χ3n) is 4.84. The third kappa shape index (κ3) is 3.53. The number of aryl methyl sites for hydroxylation is 1. The highest BCUT2D eigenvalue weighted by Gasteiger charge is 2.33. The number of aromatic nitrogens is 2. The highest BCUT2D eigenvalue weighted by molar-refractivity contribution is 5.98. The fourth-order valence-corrected chi connectivity index (χ4v) is 3.46. The van der Waals surface area contributed by atoms with Crippen LogP contribution in [0.5, 0.6) is 0 Å². The quantitative estimate of drug-likeness (QED) is 0.598. The molecule has 1 aliphatic carbocycles. The number of aliphatic imine (C=N–C) groups is 1. The van der Waals surface area contributed by atoms with E-state index in [0.29, 0.717) is 25.6 Å². The molecule has 0 spiro atoms. The first-order valence-corrected chi connectivity index (χ1v) is 8.48. The molecule has 0 radical (unpaired) electrons. The Morgan fingerprint density at radius 1 is 1.42 bits per heavy atom. The summed E-state index contributed by atoms with van der Waals surface area (Å²) in [6.45, 7) is 2.04. The van der Waals surface area contributed by atoms with Crippen molar-refractivity contribution in [2.24, 2.45) is 12.0 Å². The van der Waals surface area contributed by atoms with Crippen molar-refractivity contribution in [1.82, 2.24) is 20.0 Å². The topological polar surface area (TPSA) is 86.0 Å². The van der Waals surface area contributed by atoms with Crippen molar-refractivity contribution in [2.45, 2.75) is 31.3 Å². The maximum Gasteiger partial charge on any atom is 0.246 e. The predicted molar refractivity (Wildman–Crippen MR) is 91.9 cm³/mol. The summed E-state index contributed by atoms with van der Waals surface area (Å²) in [5.74, 6) is 0.700. The molecule has 1 aromatic heterocycles. The summed E-state index contributed by atoms with van der Waals surface area (Å²) in [5.41, 5.74) is 0.183. The van der Waals surface area contributed by atoms with E-state index in [1.165, 1.54) is 0 Å². The van der Waals surface area contributed by atoms with E-state index in [1.807, 2.05) is 18.1 Å². The van der Waals surface area contributed by atoms with E-state index in [2.05, 4.69) is 15.4 Å². The molecule has 8 nitrogen and oxygen atoms in total. The molecule has 2 aliphatic rings. The molecule has 1 amide bonds. The van der Waals surface area contributed by atoms with E-state index in [1.54, 1.807) is 22.8 Å². The second-order valence-corrected chi connectivity index (χ2v) is 6.67. The van der Waals surface area contributed by atoms with Crippen molar-refractivity contribution >= 4 is 17.6 Å². The van der Waals surface area contributed by atoms with Crippen molar-refractivity contribution in [3.8, 4) is 0 Å². The van der Waals surface area contributed by atoms with Gasteiger partial charge in [0.2, 0.25) is 5.91 Å². The standard InChI is InChI=1S/C16H26N6O2/c1-17-15(18-12-16(24)5-3-4-6-16)21-7-8-22(14(23)11-21)13-9-19-20(2)10-13/h9-10,24H,3-8,11-12H2,1-2H3,(H,17,18). The Kier molecular flexibility index (Phi) is 4.75. The molecule has 2 heterocycles. The summed E-state index contributed by atoms with van der Waals surface area (Å²) in [6, 6.07) is 0. The molecule has 0 aromatic carbocycles. The van der Waals surface area contributed by atoms with Crippen molar-refractivity contribution < 1.29 is 9.90 Å². The van der Waals surface area contributed by atoms with Crippen LogP contribution in [-0.2, 0) is 11.8 Å². The summed E-state index contributed by atoms with van der Waals surface area (Å²) in [6.07, 6.45) is 7.33. The fourth-order valence-electron chi connectivity index (χ4n) is 3.46. The Labute approximate surface area is 142 Å². The predicted octanol–water partition coefficient (Wildman–Crippen LogP) is -0.0508. The minimum Gasteiger partial charge on any atom is -0.388 e. The van der Waals surface area contributed by atoms with Gasteiger partial charge in [0.15, 0.2) is 5.96 Å². The van der Waals surface area contributed by atoms with Crippen LogP contribution in [0, 0.1) is 0 Å². The maximum absolute atomic E-state index is 12.5. The van der Waals surface area contributed by atoms with Crippen molar-refractivity contribution in [3.63, 3.8) is 0 Å². The van der Waals surface area contributed by atoms with Gasteiger partial charge in [0.25, 0.3) is 0 Å². The molecule has 0 bridgehead atoms. The first kappa shape index (κ1) is 16.8. The summed E-state index contributed by atoms with van der Waals surface area (Å²) in [5, 5.41) is 17.8. The number of rotatable bonds is 3. The lowest BCUT2D eigenvalue weighted by Crippen LogP contribution is -2.56. The zero-order valence-corrected chi connectivity index (χ0v) is 14.4. The highest BCUT2D eigenvalue weighted by Crippen LogP contribution is 2.28. The summed E-state index contributed by atoms with van der Waals surface area (Å²) in [7, 11) is 3.54. The van der Waals surface area contributed by atoms with Crippen molar-refractivity contribution in [2.75, 3.05) is 38.1 Å². The van der Waals surface area contributed by atoms with Gasteiger partial charge in [-0.15, -0.1) is 0 Å². The number of piperazine rings is 1. The maximum atomic E-state index is 12.5. The van der Waals surface area contributed by atoms with E-state index in [9.17, 15) is 9.90 Å². The number of amides is 1. The number of aliphatic hydroxyl groups is 1. The third-order valence-corrected chi connectivity index (χ3v) is 4.84. The largest absolute Gasteiger partial charge is 0.388 e. The van der Waals surface area contributed by atoms with Gasteiger partial charge in [0.05, 0.1) is 17.5 Å². The first-order chi connectivity index (χ1) is 11.5. The lowest BCUT2D eigenvalue weighted by molar-refractivity contribution is -0.120. The smallest absolute Gasteiger partial charge is 0.246 e. The molecular weight excluding hydrogens is 308 g/mol. The lowest BCUT2D eigenvalue weighted by Gasteiger charge is -2.36. The van der Waals surface area contributed by atoms with E-state index >= 15 is 0 Å². The number of nitrogens with one attached hydrogen (secondary N) is 1. The molecule has 8 heteroatoms. The van der Waals surface area contributed by atoms with Crippen LogP contribution in [-0.4, -0.2) is 70.5 Å². The summed E-state index contributed by atoms with van der Waals surface area (Å²) in [4.78, 5) is 20.4. The SMILES string of the molecule is CN=C(NCC1(O)CCCC1)N1CCN(c2cnn(C)c2)C(=O)C1. The molecule has 1 saturated carbocycles. The number of hydrogen-bond donors (Lipinski definition) is 2. The van der Waals surface area contributed by atoms with Crippen molar-refractivity contribution in [1.29, 1.82) is 0 Å². The molecule has 1 aromatic rings. The van der Waals surface area contributed by atoms with Crippen LogP contribution in [0.25, 0.3) is 0 Å². The Morgan fingerprint density at radius 2 is 2.17 bits per heavy atom. The average Bonchev–Trinajstić information content (AvgIpc) is 3.17. The average molecular weight is 334 g/mol. The van der Waals surface area contributed by atoms with Gasteiger partial charge in [-0.1, -0.05) is 12.8 Å². The van der Waals surface area contributed by atoms with Gasteiger partial charge in [0, 0.05) is 39.9 Å². The minimum atomic E-state index is -0.641. The van der Waals surface area contributed by atoms with Crippen LogP contribution >= 0.6 is 0 Å². The number of anilines is 1. The van der Waals surface area contributed by atoms with Gasteiger partial charge < -0.3 is 20.2 Å².